The summed E-state index contributed by atoms with van der Waals surface area (Å²) in [5.74, 6) is -0.780. The molecule has 2 aromatic carbocycles. The molecular weight excluding hydrogens is 271 g/mol. The first kappa shape index (κ1) is 14.8. The third kappa shape index (κ3) is 3.69. The lowest BCUT2D eigenvalue weighted by atomic mass is 10.1. The fourth-order valence-electron chi connectivity index (χ4n) is 1.86. The molecule has 0 saturated heterocycles. The number of carbonyl (C=O) groups is 1. The second kappa shape index (κ2) is 6.22. The Hall–Kier alpha value is -2.62. The number of halogens is 1. The molecule has 1 N–H and O–H groups in total. The van der Waals surface area contributed by atoms with E-state index in [0.29, 0.717) is 5.75 Å². The Kier molecular flexibility index (Phi) is 4.38. The van der Waals surface area contributed by atoms with Crippen LogP contribution in [0.4, 0.5) is 4.39 Å². The van der Waals surface area contributed by atoms with Gasteiger partial charge in [0.25, 0.3) is 0 Å². The van der Waals surface area contributed by atoms with E-state index in [1.807, 2.05) is 32.0 Å². The fraction of sp³-hybridized carbons (Fsp3) is 0.118. The number of ether oxygens (including phenoxy) is 1. The molecule has 108 valence electrons. The second-order valence-corrected chi connectivity index (χ2v) is 4.69. The highest BCUT2D eigenvalue weighted by Gasteiger charge is 2.10. The van der Waals surface area contributed by atoms with E-state index in [2.05, 4.69) is 0 Å². The Bertz CT molecular complexity index is 705. The highest BCUT2D eigenvalue weighted by Crippen LogP contribution is 2.30. The summed E-state index contributed by atoms with van der Waals surface area (Å²) in [4.78, 5) is 10.6. The average molecular weight is 286 g/mol. The van der Waals surface area contributed by atoms with Gasteiger partial charge < -0.3 is 9.84 Å². The molecule has 2 aromatic rings. The van der Waals surface area contributed by atoms with Crippen molar-refractivity contribution in [3.8, 4) is 11.5 Å². The van der Waals surface area contributed by atoms with Crippen LogP contribution in [0, 0.1) is 19.7 Å². The molecule has 0 aliphatic rings. The maximum absolute atomic E-state index is 13.9. The lowest BCUT2D eigenvalue weighted by Gasteiger charge is -2.12. The number of carboxylic acids is 1. The maximum atomic E-state index is 13.9. The summed E-state index contributed by atoms with van der Waals surface area (Å²) in [5, 5.41) is 8.68. The summed E-state index contributed by atoms with van der Waals surface area (Å²) < 4.78 is 19.6. The van der Waals surface area contributed by atoms with Crippen LogP contribution in [-0.2, 0) is 4.79 Å². The van der Waals surface area contributed by atoms with E-state index in [9.17, 15) is 9.18 Å². The van der Waals surface area contributed by atoms with Crippen molar-refractivity contribution in [1.29, 1.82) is 0 Å². The molecule has 0 aliphatic carbocycles. The molecule has 2 rings (SSSR count). The maximum Gasteiger partial charge on any atom is 0.328 e. The molecule has 4 heteroatoms. The van der Waals surface area contributed by atoms with Gasteiger partial charge in [0.15, 0.2) is 0 Å². The van der Waals surface area contributed by atoms with Crippen LogP contribution in [-0.4, -0.2) is 11.1 Å². The van der Waals surface area contributed by atoms with E-state index in [0.717, 1.165) is 17.2 Å². The summed E-state index contributed by atoms with van der Waals surface area (Å²) in [5.41, 5.74) is 2.05. The predicted octanol–water partition coefficient (Wildman–Crippen LogP) is 4.33. The fourth-order valence-corrected chi connectivity index (χ4v) is 1.86. The van der Waals surface area contributed by atoms with Crippen molar-refractivity contribution < 1.29 is 19.0 Å². The summed E-state index contributed by atoms with van der Waals surface area (Å²) in [7, 11) is 0. The Morgan fingerprint density at radius 2 is 1.95 bits per heavy atom. The molecule has 0 unspecified atom stereocenters. The summed E-state index contributed by atoms with van der Waals surface area (Å²) in [6.45, 7) is 3.82. The van der Waals surface area contributed by atoms with Gasteiger partial charge in [0.05, 0.1) is 5.56 Å². The lowest BCUT2D eigenvalue weighted by Crippen LogP contribution is -1.94. The Balaban J connectivity index is 2.42. The first-order chi connectivity index (χ1) is 9.97. The highest BCUT2D eigenvalue weighted by molar-refractivity contribution is 5.86. The van der Waals surface area contributed by atoms with E-state index in [4.69, 9.17) is 9.84 Å². The first-order valence-corrected chi connectivity index (χ1v) is 6.42. The molecule has 0 heterocycles. The van der Waals surface area contributed by atoms with E-state index in [1.54, 1.807) is 6.07 Å². The molecule has 0 aliphatic heterocycles. The SMILES string of the molecule is Cc1ccc(C)c(Oc2cccc(F)c2/C=C/C(=O)O)c1. The molecule has 0 spiro atoms. The summed E-state index contributed by atoms with van der Waals surface area (Å²) >= 11 is 0. The van der Waals surface area contributed by atoms with Gasteiger partial charge in [-0.2, -0.15) is 0 Å². The van der Waals surface area contributed by atoms with Crippen LogP contribution in [0.25, 0.3) is 6.08 Å². The Morgan fingerprint density at radius 3 is 2.67 bits per heavy atom. The van der Waals surface area contributed by atoms with Crippen LogP contribution in [0.15, 0.2) is 42.5 Å². The van der Waals surface area contributed by atoms with Crippen LogP contribution in [0.1, 0.15) is 16.7 Å². The molecule has 0 aromatic heterocycles. The van der Waals surface area contributed by atoms with Crippen LogP contribution >= 0.6 is 0 Å². The van der Waals surface area contributed by atoms with Crippen molar-refractivity contribution in [2.45, 2.75) is 13.8 Å². The smallest absolute Gasteiger partial charge is 0.328 e. The zero-order chi connectivity index (χ0) is 15.4. The normalized spacial score (nSPS) is 10.8. The number of rotatable bonds is 4. The van der Waals surface area contributed by atoms with Crippen LogP contribution in [0.2, 0.25) is 0 Å². The van der Waals surface area contributed by atoms with E-state index in [-0.39, 0.29) is 11.3 Å². The predicted molar refractivity (Wildman–Crippen MR) is 79.1 cm³/mol. The number of carboxylic acid groups (broad SMARTS) is 1. The Morgan fingerprint density at radius 1 is 1.19 bits per heavy atom. The zero-order valence-corrected chi connectivity index (χ0v) is 11.8. The van der Waals surface area contributed by atoms with Gasteiger partial charge in [-0.25, -0.2) is 9.18 Å². The molecule has 0 radical (unpaired) electrons. The summed E-state index contributed by atoms with van der Waals surface area (Å²) in [6, 6.07) is 10.1. The molecule has 0 atom stereocenters. The minimum Gasteiger partial charge on any atom is -0.478 e. The van der Waals surface area contributed by atoms with E-state index >= 15 is 0 Å². The third-order valence-corrected chi connectivity index (χ3v) is 2.97. The third-order valence-electron chi connectivity index (χ3n) is 2.97. The number of hydrogen-bond donors (Lipinski definition) is 1. The topological polar surface area (TPSA) is 46.5 Å². The van der Waals surface area contributed by atoms with Gasteiger partial charge in [-0.1, -0.05) is 18.2 Å². The number of aliphatic carboxylic acids is 1. The van der Waals surface area contributed by atoms with Gasteiger partial charge in [0.1, 0.15) is 17.3 Å². The second-order valence-electron chi connectivity index (χ2n) is 4.69. The molecule has 0 fully saturated rings. The quantitative estimate of drug-likeness (QED) is 0.851. The number of aryl methyl sites for hydroxylation is 2. The van der Waals surface area contributed by atoms with Gasteiger partial charge in [0.2, 0.25) is 0 Å². The van der Waals surface area contributed by atoms with Gasteiger partial charge in [-0.15, -0.1) is 0 Å². The minimum atomic E-state index is -1.14. The van der Waals surface area contributed by atoms with Gasteiger partial charge >= 0.3 is 5.97 Å². The monoisotopic (exact) mass is 286 g/mol. The average Bonchev–Trinajstić information content (AvgIpc) is 2.42. The lowest BCUT2D eigenvalue weighted by molar-refractivity contribution is -0.131. The van der Waals surface area contributed by atoms with Crippen molar-refractivity contribution >= 4 is 12.0 Å². The van der Waals surface area contributed by atoms with Gasteiger partial charge in [0, 0.05) is 6.08 Å². The molecular formula is C17H15FO3. The van der Waals surface area contributed by atoms with Crippen LogP contribution in [0.5, 0.6) is 11.5 Å². The first-order valence-electron chi connectivity index (χ1n) is 6.42. The zero-order valence-electron chi connectivity index (χ0n) is 11.8. The summed E-state index contributed by atoms with van der Waals surface area (Å²) in [6.07, 6.45) is 2.08. The van der Waals surface area contributed by atoms with Crippen molar-refractivity contribution in [3.63, 3.8) is 0 Å². The van der Waals surface area contributed by atoms with E-state index in [1.165, 1.54) is 18.2 Å². The largest absolute Gasteiger partial charge is 0.478 e. The van der Waals surface area contributed by atoms with Crippen LogP contribution in [0.3, 0.4) is 0 Å². The molecule has 0 saturated carbocycles. The van der Waals surface area contributed by atoms with Crippen LogP contribution < -0.4 is 4.74 Å². The number of benzene rings is 2. The van der Waals surface area contributed by atoms with Gasteiger partial charge in [-0.05, 0) is 49.2 Å². The standard InChI is InChI=1S/C17H15FO3/c1-11-6-7-12(2)16(10-11)21-15-5-3-4-14(18)13(15)8-9-17(19)20/h3-10H,1-2H3,(H,19,20)/b9-8+. The highest BCUT2D eigenvalue weighted by atomic mass is 19.1. The molecule has 21 heavy (non-hydrogen) atoms. The molecule has 0 amide bonds. The van der Waals surface area contributed by atoms with Gasteiger partial charge in [-0.3, -0.25) is 0 Å². The van der Waals surface area contributed by atoms with Crippen molar-refractivity contribution in [1.82, 2.24) is 0 Å². The van der Waals surface area contributed by atoms with Crippen molar-refractivity contribution in [3.05, 3.63) is 65.0 Å². The van der Waals surface area contributed by atoms with Crippen molar-refractivity contribution in [2.75, 3.05) is 0 Å². The Labute approximate surface area is 122 Å². The molecule has 0 bridgehead atoms. The minimum absolute atomic E-state index is 0.112. The number of hydrogen-bond acceptors (Lipinski definition) is 2. The van der Waals surface area contributed by atoms with Crippen molar-refractivity contribution in [2.24, 2.45) is 0 Å². The van der Waals surface area contributed by atoms with E-state index < -0.39 is 11.8 Å². The molecule has 3 nitrogen and oxygen atoms in total.